The SMILES string of the molecule is CC(C)(C)NCCO[C@H]1OC(COc2ccc(O)cc2)[C@H](O)C(O)[C@@H]1O. The van der Waals surface area contributed by atoms with E-state index in [0.717, 1.165) is 0 Å². The molecule has 1 aromatic rings. The van der Waals surface area contributed by atoms with Gasteiger partial charge >= 0.3 is 0 Å². The van der Waals surface area contributed by atoms with Gasteiger partial charge in [-0.05, 0) is 45.0 Å². The van der Waals surface area contributed by atoms with E-state index in [1.165, 1.54) is 12.1 Å². The van der Waals surface area contributed by atoms with Crippen molar-refractivity contribution in [3.63, 3.8) is 0 Å². The summed E-state index contributed by atoms with van der Waals surface area (Å²) in [7, 11) is 0. The zero-order chi connectivity index (χ0) is 19.3. The van der Waals surface area contributed by atoms with Gasteiger partial charge in [-0.2, -0.15) is 0 Å². The van der Waals surface area contributed by atoms with E-state index in [4.69, 9.17) is 14.2 Å². The summed E-state index contributed by atoms with van der Waals surface area (Å²) in [4.78, 5) is 0. The number of ether oxygens (including phenoxy) is 3. The molecule has 26 heavy (non-hydrogen) atoms. The number of benzene rings is 1. The second-order valence-electron chi connectivity index (χ2n) is 7.37. The Morgan fingerprint density at radius 3 is 2.31 bits per heavy atom. The molecule has 0 aromatic heterocycles. The lowest BCUT2D eigenvalue weighted by Crippen LogP contribution is -2.59. The number of nitrogens with one attached hydrogen (secondary N) is 1. The molecule has 148 valence electrons. The minimum absolute atomic E-state index is 0.0458. The average molecular weight is 371 g/mol. The first-order valence-electron chi connectivity index (χ1n) is 8.65. The monoisotopic (exact) mass is 371 g/mol. The van der Waals surface area contributed by atoms with Crippen LogP contribution < -0.4 is 10.1 Å². The van der Waals surface area contributed by atoms with Crippen molar-refractivity contribution < 1.29 is 34.6 Å². The molecule has 0 spiro atoms. The molecule has 5 atom stereocenters. The Balaban J connectivity index is 1.87. The number of phenolic OH excluding ortho intramolecular Hbond substituents is 1. The number of hydrogen-bond acceptors (Lipinski definition) is 8. The lowest BCUT2D eigenvalue weighted by molar-refractivity contribution is -0.299. The lowest BCUT2D eigenvalue weighted by atomic mass is 9.99. The second-order valence-corrected chi connectivity index (χ2v) is 7.37. The summed E-state index contributed by atoms with van der Waals surface area (Å²) in [5, 5.41) is 42.7. The molecule has 1 fully saturated rings. The van der Waals surface area contributed by atoms with Crippen LogP contribution in [0.25, 0.3) is 0 Å². The van der Waals surface area contributed by atoms with Gasteiger partial charge in [-0.1, -0.05) is 0 Å². The highest BCUT2D eigenvalue weighted by Crippen LogP contribution is 2.23. The molecule has 1 saturated heterocycles. The minimum atomic E-state index is -1.40. The van der Waals surface area contributed by atoms with Gasteiger partial charge in [0, 0.05) is 12.1 Å². The summed E-state index contributed by atoms with van der Waals surface area (Å²) in [5.74, 6) is 0.591. The molecule has 8 nitrogen and oxygen atoms in total. The Labute approximate surface area is 153 Å². The van der Waals surface area contributed by atoms with Crippen LogP contribution in [0.3, 0.4) is 0 Å². The van der Waals surface area contributed by atoms with Crippen molar-refractivity contribution in [1.29, 1.82) is 0 Å². The molecular formula is C18H29NO7. The molecule has 0 saturated carbocycles. The molecule has 1 aliphatic heterocycles. The van der Waals surface area contributed by atoms with Crippen molar-refractivity contribution in [2.45, 2.75) is 57.0 Å². The van der Waals surface area contributed by atoms with E-state index in [0.29, 0.717) is 12.3 Å². The largest absolute Gasteiger partial charge is 0.508 e. The van der Waals surface area contributed by atoms with Crippen LogP contribution in [-0.2, 0) is 9.47 Å². The van der Waals surface area contributed by atoms with Crippen LogP contribution in [0.2, 0.25) is 0 Å². The van der Waals surface area contributed by atoms with E-state index in [9.17, 15) is 20.4 Å². The molecule has 0 bridgehead atoms. The Bertz CT molecular complexity index is 545. The lowest BCUT2D eigenvalue weighted by Gasteiger charge is -2.40. The van der Waals surface area contributed by atoms with Gasteiger partial charge in [-0.25, -0.2) is 0 Å². The van der Waals surface area contributed by atoms with Crippen molar-refractivity contribution in [2.24, 2.45) is 0 Å². The van der Waals surface area contributed by atoms with Gasteiger partial charge in [0.15, 0.2) is 6.29 Å². The Kier molecular flexibility index (Phi) is 7.22. The molecule has 0 aliphatic carbocycles. The highest BCUT2D eigenvalue weighted by molar-refractivity contribution is 5.30. The highest BCUT2D eigenvalue weighted by atomic mass is 16.7. The number of aliphatic hydroxyl groups is 3. The summed E-state index contributed by atoms with van der Waals surface area (Å²) < 4.78 is 16.6. The highest BCUT2D eigenvalue weighted by Gasteiger charge is 2.44. The number of phenols is 1. The van der Waals surface area contributed by atoms with Crippen molar-refractivity contribution in [3.8, 4) is 11.5 Å². The molecule has 0 amide bonds. The van der Waals surface area contributed by atoms with Crippen molar-refractivity contribution in [1.82, 2.24) is 5.32 Å². The zero-order valence-electron chi connectivity index (χ0n) is 15.3. The van der Waals surface area contributed by atoms with Crippen LogP contribution in [0.1, 0.15) is 20.8 Å². The first kappa shape index (κ1) is 20.9. The van der Waals surface area contributed by atoms with Gasteiger partial charge in [0.05, 0.1) is 6.61 Å². The van der Waals surface area contributed by atoms with Gasteiger partial charge in [0.1, 0.15) is 42.5 Å². The smallest absolute Gasteiger partial charge is 0.186 e. The summed E-state index contributed by atoms with van der Waals surface area (Å²) in [6.07, 6.45) is -6.01. The first-order chi connectivity index (χ1) is 12.2. The Hall–Kier alpha value is -1.42. The maximum absolute atomic E-state index is 10.1. The molecule has 2 rings (SSSR count). The molecule has 1 aromatic carbocycles. The molecule has 8 heteroatoms. The van der Waals surface area contributed by atoms with Gasteiger partial charge in [0.25, 0.3) is 0 Å². The van der Waals surface area contributed by atoms with Crippen molar-refractivity contribution >= 4 is 0 Å². The molecule has 2 unspecified atom stereocenters. The van der Waals surface area contributed by atoms with Crippen LogP contribution in [0, 0.1) is 0 Å². The van der Waals surface area contributed by atoms with Gasteiger partial charge in [-0.3, -0.25) is 0 Å². The van der Waals surface area contributed by atoms with Gasteiger partial charge < -0.3 is 40.0 Å². The number of aliphatic hydroxyl groups excluding tert-OH is 3. The van der Waals surface area contributed by atoms with Crippen LogP contribution in [0.4, 0.5) is 0 Å². The third-order valence-corrected chi connectivity index (χ3v) is 3.96. The first-order valence-corrected chi connectivity index (χ1v) is 8.65. The van der Waals surface area contributed by atoms with E-state index in [1.54, 1.807) is 12.1 Å². The maximum Gasteiger partial charge on any atom is 0.186 e. The molecule has 5 N–H and O–H groups in total. The fraction of sp³-hybridized carbons (Fsp3) is 0.667. The zero-order valence-corrected chi connectivity index (χ0v) is 15.3. The van der Waals surface area contributed by atoms with Gasteiger partial charge in [0.2, 0.25) is 0 Å². The number of rotatable bonds is 7. The van der Waals surface area contributed by atoms with E-state index >= 15 is 0 Å². The quantitative estimate of drug-likeness (QED) is 0.424. The number of hydrogen-bond donors (Lipinski definition) is 5. The standard InChI is InChI=1S/C18H29NO7/c1-18(2,3)19-8-9-24-17-16(23)15(22)14(21)13(26-17)10-25-12-6-4-11(20)5-7-12/h4-7,13-17,19-23H,8-10H2,1-3H3/t13?,14-,15?,16-,17-/m0/s1. The third kappa shape index (κ3) is 6.08. The van der Waals surface area contributed by atoms with Crippen LogP contribution in [-0.4, -0.2) is 76.4 Å². The van der Waals surface area contributed by atoms with E-state index in [-0.39, 0.29) is 24.5 Å². The Morgan fingerprint density at radius 1 is 1.04 bits per heavy atom. The summed E-state index contributed by atoms with van der Waals surface area (Å²) in [6, 6.07) is 6.09. The molecular weight excluding hydrogens is 342 g/mol. The summed E-state index contributed by atoms with van der Waals surface area (Å²) in [5.41, 5.74) is -0.0639. The molecule has 1 heterocycles. The van der Waals surface area contributed by atoms with Crippen molar-refractivity contribution in [3.05, 3.63) is 24.3 Å². The normalized spacial score (nSPS) is 29.5. The topological polar surface area (TPSA) is 121 Å². The average Bonchev–Trinajstić information content (AvgIpc) is 2.58. The van der Waals surface area contributed by atoms with E-state index < -0.39 is 30.7 Å². The predicted molar refractivity (Wildman–Crippen MR) is 94.0 cm³/mol. The fourth-order valence-electron chi connectivity index (χ4n) is 2.51. The summed E-state index contributed by atoms with van der Waals surface area (Å²) in [6.45, 7) is 6.84. The fourth-order valence-corrected chi connectivity index (χ4v) is 2.51. The van der Waals surface area contributed by atoms with Crippen molar-refractivity contribution in [2.75, 3.05) is 19.8 Å². The molecule has 1 aliphatic rings. The third-order valence-electron chi connectivity index (χ3n) is 3.96. The van der Waals surface area contributed by atoms with Gasteiger partial charge in [-0.15, -0.1) is 0 Å². The Morgan fingerprint density at radius 2 is 1.69 bits per heavy atom. The van der Waals surface area contributed by atoms with Crippen LogP contribution >= 0.6 is 0 Å². The number of aromatic hydroxyl groups is 1. The van der Waals surface area contributed by atoms with Crippen LogP contribution in [0.5, 0.6) is 11.5 Å². The minimum Gasteiger partial charge on any atom is -0.508 e. The van der Waals surface area contributed by atoms with Crippen LogP contribution in [0.15, 0.2) is 24.3 Å². The molecule has 0 radical (unpaired) electrons. The second kappa shape index (κ2) is 8.98. The van der Waals surface area contributed by atoms with E-state index in [1.807, 2.05) is 20.8 Å². The summed E-state index contributed by atoms with van der Waals surface area (Å²) >= 11 is 0. The maximum atomic E-state index is 10.1. The predicted octanol–water partition coefficient (Wildman–Crippen LogP) is -0.0167. The van der Waals surface area contributed by atoms with E-state index in [2.05, 4.69) is 5.32 Å².